The fraction of sp³-hybridized carbons (Fsp3) is 0.667. The van der Waals surface area contributed by atoms with Gasteiger partial charge in [0.15, 0.2) is 0 Å². The fourth-order valence-corrected chi connectivity index (χ4v) is 2.49. The van der Waals surface area contributed by atoms with Crippen molar-refractivity contribution in [2.45, 2.75) is 46.3 Å². The second kappa shape index (κ2) is 4.35. The molecule has 0 radical (unpaired) electrons. The van der Waals surface area contributed by atoms with Crippen LogP contribution in [0.3, 0.4) is 0 Å². The van der Waals surface area contributed by atoms with Crippen LogP contribution in [-0.4, -0.2) is 8.32 Å². The van der Waals surface area contributed by atoms with Crippen LogP contribution in [0.4, 0.5) is 0 Å². The summed E-state index contributed by atoms with van der Waals surface area (Å²) in [6, 6.07) is 0. The van der Waals surface area contributed by atoms with Gasteiger partial charge in [-0.15, -0.1) is 0 Å². The summed E-state index contributed by atoms with van der Waals surface area (Å²) in [5.41, 5.74) is 1.46. The van der Waals surface area contributed by atoms with Gasteiger partial charge >= 0.3 is 0 Å². The zero-order chi connectivity index (χ0) is 10.8. The molecule has 0 aromatic rings. The maximum Gasteiger partial charge on any atom is 0.241 e. The molecule has 0 aromatic heterocycles. The summed E-state index contributed by atoms with van der Waals surface area (Å²) in [6.07, 6.45) is 6.77. The Kier molecular flexibility index (Phi) is 3.59. The van der Waals surface area contributed by atoms with Crippen LogP contribution in [-0.2, 0) is 4.43 Å². The molecule has 0 saturated carbocycles. The van der Waals surface area contributed by atoms with Gasteiger partial charge in [0, 0.05) is 6.42 Å². The van der Waals surface area contributed by atoms with Crippen molar-refractivity contribution in [3.05, 3.63) is 23.5 Å². The molecule has 0 heterocycles. The minimum absolute atomic E-state index is 0.678. The lowest BCUT2D eigenvalue weighted by Crippen LogP contribution is -2.24. The highest BCUT2D eigenvalue weighted by Crippen LogP contribution is 2.27. The highest BCUT2D eigenvalue weighted by molar-refractivity contribution is 6.70. The van der Waals surface area contributed by atoms with Gasteiger partial charge in [-0.3, -0.25) is 0 Å². The summed E-state index contributed by atoms with van der Waals surface area (Å²) in [6.45, 7) is 11.2. The average Bonchev–Trinajstić information content (AvgIpc) is 2.48. The fourth-order valence-electron chi connectivity index (χ4n) is 1.57. The van der Waals surface area contributed by atoms with Crippen LogP contribution < -0.4 is 0 Å². The first-order chi connectivity index (χ1) is 6.42. The molecular formula is C12H22OSi. The standard InChI is InChI=1S/C12H22OSi/c1-6-10(2)11-7-8-12(9-11)13-14(3,4)5/h7,9-10H,6,8H2,1-5H3. The van der Waals surface area contributed by atoms with Crippen molar-refractivity contribution >= 4 is 8.32 Å². The molecule has 1 aliphatic rings. The molecule has 0 bridgehead atoms. The lowest BCUT2D eigenvalue weighted by molar-refractivity contribution is 0.415. The third-order valence-electron chi connectivity index (χ3n) is 2.49. The van der Waals surface area contributed by atoms with E-state index in [2.05, 4.69) is 45.6 Å². The lowest BCUT2D eigenvalue weighted by atomic mass is 10.0. The Morgan fingerprint density at radius 3 is 2.57 bits per heavy atom. The molecule has 0 aliphatic heterocycles. The Bertz CT molecular complexity index is 258. The van der Waals surface area contributed by atoms with Crippen molar-refractivity contribution in [1.29, 1.82) is 0 Å². The molecule has 0 fully saturated rings. The van der Waals surface area contributed by atoms with E-state index in [1.54, 1.807) is 0 Å². The second-order valence-electron chi connectivity index (χ2n) is 5.04. The van der Waals surface area contributed by atoms with Crippen molar-refractivity contribution < 1.29 is 4.43 Å². The molecular weight excluding hydrogens is 188 g/mol. The Hall–Kier alpha value is -0.503. The van der Waals surface area contributed by atoms with Crippen molar-refractivity contribution in [1.82, 2.24) is 0 Å². The number of hydrogen-bond donors (Lipinski definition) is 0. The monoisotopic (exact) mass is 210 g/mol. The van der Waals surface area contributed by atoms with Crippen molar-refractivity contribution in [3.8, 4) is 0 Å². The number of hydrogen-bond acceptors (Lipinski definition) is 1. The molecule has 0 aromatic carbocycles. The predicted octanol–water partition coefficient (Wildman–Crippen LogP) is 4.10. The highest BCUT2D eigenvalue weighted by atomic mass is 28.4. The average molecular weight is 210 g/mol. The van der Waals surface area contributed by atoms with Crippen LogP contribution in [0.5, 0.6) is 0 Å². The number of rotatable bonds is 4. The van der Waals surface area contributed by atoms with E-state index in [4.69, 9.17) is 4.43 Å². The smallest absolute Gasteiger partial charge is 0.241 e. The van der Waals surface area contributed by atoms with Crippen LogP contribution in [0.25, 0.3) is 0 Å². The highest BCUT2D eigenvalue weighted by Gasteiger charge is 2.20. The van der Waals surface area contributed by atoms with E-state index in [0.29, 0.717) is 5.92 Å². The SMILES string of the molecule is CCC(C)C1=CCC(O[Si](C)(C)C)=C1. The van der Waals surface area contributed by atoms with E-state index in [1.807, 2.05) is 0 Å². The minimum Gasteiger partial charge on any atom is -0.547 e. The topological polar surface area (TPSA) is 9.23 Å². The lowest BCUT2D eigenvalue weighted by Gasteiger charge is -2.19. The molecule has 0 spiro atoms. The first-order valence-corrected chi connectivity index (χ1v) is 8.93. The molecule has 1 aliphatic carbocycles. The molecule has 0 saturated heterocycles. The van der Waals surface area contributed by atoms with Gasteiger partial charge < -0.3 is 4.43 Å². The number of allylic oxidation sites excluding steroid dienone is 3. The van der Waals surface area contributed by atoms with E-state index in [-0.39, 0.29) is 0 Å². The van der Waals surface area contributed by atoms with Gasteiger partial charge in [0.2, 0.25) is 8.32 Å². The Labute approximate surface area is 89.0 Å². The third kappa shape index (κ3) is 3.33. The summed E-state index contributed by atoms with van der Waals surface area (Å²) in [7, 11) is -1.40. The van der Waals surface area contributed by atoms with Gasteiger partial charge in [0.25, 0.3) is 0 Å². The van der Waals surface area contributed by atoms with E-state index in [9.17, 15) is 0 Å². The molecule has 1 unspecified atom stereocenters. The van der Waals surface area contributed by atoms with Gasteiger partial charge in [-0.1, -0.05) is 19.9 Å². The molecule has 1 rings (SSSR count). The summed E-state index contributed by atoms with van der Waals surface area (Å²) in [5, 5.41) is 0. The van der Waals surface area contributed by atoms with Crippen LogP contribution in [0.2, 0.25) is 19.6 Å². The van der Waals surface area contributed by atoms with Crippen LogP contribution in [0.1, 0.15) is 26.7 Å². The van der Waals surface area contributed by atoms with Gasteiger partial charge in [-0.25, -0.2) is 0 Å². The maximum absolute atomic E-state index is 5.97. The molecule has 80 valence electrons. The van der Waals surface area contributed by atoms with E-state index in [1.165, 1.54) is 17.8 Å². The van der Waals surface area contributed by atoms with E-state index in [0.717, 1.165) is 6.42 Å². The summed E-state index contributed by atoms with van der Waals surface area (Å²) < 4.78 is 5.97. The second-order valence-corrected chi connectivity index (χ2v) is 9.47. The minimum atomic E-state index is -1.40. The van der Waals surface area contributed by atoms with Gasteiger partial charge in [-0.2, -0.15) is 0 Å². The van der Waals surface area contributed by atoms with Gasteiger partial charge in [0.1, 0.15) is 0 Å². The van der Waals surface area contributed by atoms with E-state index >= 15 is 0 Å². The zero-order valence-electron chi connectivity index (χ0n) is 10.1. The van der Waals surface area contributed by atoms with Crippen LogP contribution >= 0.6 is 0 Å². The van der Waals surface area contributed by atoms with Crippen LogP contribution in [0.15, 0.2) is 23.5 Å². The van der Waals surface area contributed by atoms with Gasteiger partial charge in [0.05, 0.1) is 5.76 Å². The molecule has 1 atom stereocenters. The third-order valence-corrected chi connectivity index (χ3v) is 3.36. The van der Waals surface area contributed by atoms with Gasteiger partial charge in [-0.05, 0) is 43.6 Å². The Morgan fingerprint density at radius 2 is 2.07 bits per heavy atom. The predicted molar refractivity (Wildman–Crippen MR) is 64.7 cm³/mol. The van der Waals surface area contributed by atoms with Crippen LogP contribution in [0, 0.1) is 5.92 Å². The molecule has 0 amide bonds. The Morgan fingerprint density at radius 1 is 1.43 bits per heavy atom. The Balaban J connectivity index is 2.56. The van der Waals surface area contributed by atoms with Crippen molar-refractivity contribution in [2.24, 2.45) is 5.92 Å². The first kappa shape index (κ1) is 11.6. The summed E-state index contributed by atoms with van der Waals surface area (Å²) in [4.78, 5) is 0. The largest absolute Gasteiger partial charge is 0.547 e. The molecule has 14 heavy (non-hydrogen) atoms. The molecule has 0 N–H and O–H groups in total. The quantitative estimate of drug-likeness (QED) is 0.635. The summed E-state index contributed by atoms with van der Waals surface area (Å²) in [5.74, 6) is 1.86. The molecule has 1 nitrogen and oxygen atoms in total. The maximum atomic E-state index is 5.97. The normalized spacial score (nSPS) is 18.9. The first-order valence-electron chi connectivity index (χ1n) is 5.52. The van der Waals surface area contributed by atoms with Crippen molar-refractivity contribution in [2.75, 3.05) is 0 Å². The summed E-state index contributed by atoms with van der Waals surface area (Å²) >= 11 is 0. The zero-order valence-corrected chi connectivity index (χ0v) is 11.1. The van der Waals surface area contributed by atoms with Crippen molar-refractivity contribution in [3.63, 3.8) is 0 Å². The van der Waals surface area contributed by atoms with E-state index < -0.39 is 8.32 Å². The molecule has 2 heteroatoms.